The van der Waals surface area contributed by atoms with Crippen LogP contribution in [0.3, 0.4) is 0 Å². The molecule has 1 aliphatic rings. The second kappa shape index (κ2) is 5.48. The number of amides is 1. The first-order valence-electron chi connectivity index (χ1n) is 8.64. The van der Waals surface area contributed by atoms with Gasteiger partial charge in [0.25, 0.3) is 5.91 Å². The van der Waals surface area contributed by atoms with Gasteiger partial charge in [0.1, 0.15) is 5.82 Å². The monoisotopic (exact) mass is 355 g/mol. The molecule has 27 heavy (non-hydrogen) atoms. The largest absolute Gasteiger partial charge is 0.311 e. The number of carbonyl (C=O) groups is 2. The van der Waals surface area contributed by atoms with Gasteiger partial charge in [0.2, 0.25) is 0 Å². The van der Waals surface area contributed by atoms with E-state index in [-0.39, 0.29) is 17.3 Å². The smallest absolute Gasteiger partial charge is 0.259 e. The highest BCUT2D eigenvalue weighted by Crippen LogP contribution is 2.44. The molecule has 0 aromatic heterocycles. The van der Waals surface area contributed by atoms with E-state index in [0.717, 1.165) is 0 Å². The molecule has 0 N–H and O–H groups in total. The molecule has 0 aliphatic carbocycles. The molecule has 0 atom stereocenters. The molecule has 0 fully saturated rings. The minimum Gasteiger partial charge on any atom is -0.311 e. The number of nitrogens with zero attached hydrogens (tertiary/aromatic N) is 1. The van der Waals surface area contributed by atoms with Gasteiger partial charge in [-0.05, 0) is 22.9 Å². The summed E-state index contributed by atoms with van der Waals surface area (Å²) in [4.78, 5) is 27.9. The highest BCUT2D eigenvalue weighted by atomic mass is 19.1. The molecular formula is C23H14FNO2. The highest BCUT2D eigenvalue weighted by molar-refractivity contribution is 6.36. The number of hydrogen-bond donors (Lipinski definition) is 0. The van der Waals surface area contributed by atoms with Gasteiger partial charge < -0.3 is 4.90 Å². The minimum atomic E-state index is -0.395. The maximum Gasteiger partial charge on any atom is 0.259 e. The fourth-order valence-corrected chi connectivity index (χ4v) is 4.00. The summed E-state index contributed by atoms with van der Waals surface area (Å²) in [5.41, 5.74) is 1.75. The van der Waals surface area contributed by atoms with Crippen LogP contribution in [0.4, 0.5) is 10.1 Å². The Morgan fingerprint density at radius 3 is 2.26 bits per heavy atom. The SMILES string of the molecule is CN1C(=O)c2c(C(=O)c3ccccc3)c3ccccc3c3c(F)ccc1c23. The van der Waals surface area contributed by atoms with Gasteiger partial charge >= 0.3 is 0 Å². The van der Waals surface area contributed by atoms with Crippen LogP contribution < -0.4 is 4.90 Å². The lowest BCUT2D eigenvalue weighted by Crippen LogP contribution is -2.22. The quantitative estimate of drug-likeness (QED) is 0.377. The van der Waals surface area contributed by atoms with Gasteiger partial charge in [-0.15, -0.1) is 0 Å². The Morgan fingerprint density at radius 1 is 0.852 bits per heavy atom. The van der Waals surface area contributed by atoms with Crippen molar-refractivity contribution in [3.05, 3.63) is 89.2 Å². The normalized spacial score (nSPS) is 13.0. The Bertz CT molecular complexity index is 1280. The van der Waals surface area contributed by atoms with Crippen LogP contribution in [0.15, 0.2) is 66.7 Å². The molecule has 1 heterocycles. The van der Waals surface area contributed by atoms with E-state index in [2.05, 4.69) is 0 Å². The van der Waals surface area contributed by atoms with Crippen molar-refractivity contribution in [1.82, 2.24) is 0 Å². The Labute approximate surface area is 154 Å². The van der Waals surface area contributed by atoms with Crippen LogP contribution in [-0.2, 0) is 0 Å². The average Bonchev–Trinajstić information content (AvgIpc) is 2.95. The van der Waals surface area contributed by atoms with Crippen molar-refractivity contribution in [3.8, 4) is 0 Å². The summed E-state index contributed by atoms with van der Waals surface area (Å²) in [5, 5.41) is 2.13. The Morgan fingerprint density at radius 2 is 1.52 bits per heavy atom. The zero-order valence-corrected chi connectivity index (χ0v) is 14.5. The first kappa shape index (κ1) is 15.7. The van der Waals surface area contributed by atoms with Crippen LogP contribution in [0.2, 0.25) is 0 Å². The maximum atomic E-state index is 14.8. The van der Waals surface area contributed by atoms with Crippen LogP contribution in [-0.4, -0.2) is 18.7 Å². The zero-order valence-electron chi connectivity index (χ0n) is 14.5. The summed E-state index contributed by atoms with van der Waals surface area (Å²) in [6.45, 7) is 0. The predicted octanol–water partition coefficient (Wildman–Crippen LogP) is 4.95. The molecule has 0 saturated heterocycles. The van der Waals surface area contributed by atoms with Crippen molar-refractivity contribution >= 4 is 38.9 Å². The predicted molar refractivity (Wildman–Crippen MR) is 104 cm³/mol. The Hall–Kier alpha value is -3.53. The van der Waals surface area contributed by atoms with Crippen molar-refractivity contribution in [2.24, 2.45) is 0 Å². The Kier molecular flexibility index (Phi) is 3.19. The molecule has 4 aromatic carbocycles. The average molecular weight is 355 g/mol. The van der Waals surface area contributed by atoms with E-state index in [1.165, 1.54) is 11.0 Å². The standard InChI is InChI=1S/C23H14FNO2/c1-25-17-12-11-16(24)18-14-9-5-6-10-15(14)19(21(20(17)18)23(25)27)22(26)13-7-3-2-4-8-13/h2-12H,1H3. The lowest BCUT2D eigenvalue weighted by atomic mass is 9.88. The number of halogens is 1. The summed E-state index contributed by atoms with van der Waals surface area (Å²) in [5.74, 6) is -0.916. The third kappa shape index (κ3) is 2.01. The van der Waals surface area contributed by atoms with E-state index in [1.54, 1.807) is 55.6 Å². The van der Waals surface area contributed by atoms with Gasteiger partial charge in [-0.1, -0.05) is 54.6 Å². The van der Waals surface area contributed by atoms with Crippen molar-refractivity contribution < 1.29 is 14.0 Å². The molecule has 1 aliphatic heterocycles. The van der Waals surface area contributed by atoms with Gasteiger partial charge in [-0.2, -0.15) is 0 Å². The van der Waals surface area contributed by atoms with Crippen LogP contribution in [0, 0.1) is 5.82 Å². The summed E-state index contributed by atoms with van der Waals surface area (Å²) in [7, 11) is 1.65. The molecule has 0 radical (unpaired) electrons. The fourth-order valence-electron chi connectivity index (χ4n) is 4.00. The zero-order chi connectivity index (χ0) is 18.7. The minimum absolute atomic E-state index is 0.234. The van der Waals surface area contributed by atoms with Crippen LogP contribution in [0.5, 0.6) is 0 Å². The van der Waals surface area contributed by atoms with Crippen molar-refractivity contribution in [1.29, 1.82) is 0 Å². The van der Waals surface area contributed by atoms with Crippen molar-refractivity contribution in [3.63, 3.8) is 0 Å². The lowest BCUT2D eigenvalue weighted by Gasteiger charge is -2.13. The van der Waals surface area contributed by atoms with Gasteiger partial charge in [0, 0.05) is 28.9 Å². The molecule has 0 bridgehead atoms. The summed E-state index contributed by atoms with van der Waals surface area (Å²) in [6, 6.07) is 19.0. The van der Waals surface area contributed by atoms with Crippen LogP contribution in [0.1, 0.15) is 26.3 Å². The van der Waals surface area contributed by atoms with Crippen molar-refractivity contribution in [2.75, 3.05) is 11.9 Å². The molecule has 130 valence electrons. The molecule has 0 spiro atoms. The molecule has 4 aromatic rings. The summed E-state index contributed by atoms with van der Waals surface area (Å²) in [6.07, 6.45) is 0. The van der Waals surface area contributed by atoms with E-state index in [1.807, 2.05) is 12.1 Å². The third-order valence-corrected chi connectivity index (χ3v) is 5.24. The Balaban J connectivity index is 2.01. The number of anilines is 1. The topological polar surface area (TPSA) is 37.4 Å². The molecule has 5 rings (SSSR count). The molecule has 3 nitrogen and oxygen atoms in total. The highest BCUT2D eigenvalue weighted by Gasteiger charge is 2.35. The summed E-state index contributed by atoms with van der Waals surface area (Å²) >= 11 is 0. The number of ketones is 1. The molecule has 4 heteroatoms. The molecule has 1 amide bonds. The second-order valence-corrected chi connectivity index (χ2v) is 6.67. The van der Waals surface area contributed by atoms with E-state index in [4.69, 9.17) is 0 Å². The first-order chi connectivity index (χ1) is 13.1. The molecular weight excluding hydrogens is 341 g/mol. The van der Waals surface area contributed by atoms with Gasteiger partial charge in [-0.3, -0.25) is 9.59 Å². The maximum absolute atomic E-state index is 14.8. The van der Waals surface area contributed by atoms with Gasteiger partial charge in [0.15, 0.2) is 5.78 Å². The first-order valence-corrected chi connectivity index (χ1v) is 8.64. The van der Waals surface area contributed by atoms with Crippen LogP contribution in [0.25, 0.3) is 21.5 Å². The number of carbonyl (C=O) groups excluding carboxylic acids is 2. The molecule has 0 unspecified atom stereocenters. The van der Waals surface area contributed by atoms with E-state index >= 15 is 0 Å². The number of benzene rings is 4. The second-order valence-electron chi connectivity index (χ2n) is 6.67. The van der Waals surface area contributed by atoms with E-state index in [0.29, 0.717) is 38.4 Å². The number of fused-ring (bicyclic) bond motifs is 2. The fraction of sp³-hybridized carbons (Fsp3) is 0.0435. The van der Waals surface area contributed by atoms with E-state index in [9.17, 15) is 14.0 Å². The number of rotatable bonds is 2. The third-order valence-electron chi connectivity index (χ3n) is 5.24. The van der Waals surface area contributed by atoms with Crippen LogP contribution >= 0.6 is 0 Å². The lowest BCUT2D eigenvalue weighted by molar-refractivity contribution is 0.0982. The molecule has 0 saturated carbocycles. The van der Waals surface area contributed by atoms with E-state index < -0.39 is 5.82 Å². The van der Waals surface area contributed by atoms with Crippen molar-refractivity contribution in [2.45, 2.75) is 0 Å². The van der Waals surface area contributed by atoms with Gasteiger partial charge in [-0.25, -0.2) is 4.39 Å². The van der Waals surface area contributed by atoms with Gasteiger partial charge in [0.05, 0.1) is 11.3 Å². The summed E-state index contributed by atoms with van der Waals surface area (Å²) < 4.78 is 14.8. The number of hydrogen-bond acceptors (Lipinski definition) is 2.